The van der Waals surface area contributed by atoms with Crippen LogP contribution in [0.2, 0.25) is 0 Å². The van der Waals surface area contributed by atoms with Gasteiger partial charge in [0.2, 0.25) is 0 Å². The van der Waals surface area contributed by atoms with Crippen molar-refractivity contribution in [2.45, 2.75) is 25.3 Å². The van der Waals surface area contributed by atoms with Gasteiger partial charge in [0.1, 0.15) is 6.04 Å². The zero-order chi connectivity index (χ0) is 13.5. The molecule has 0 aliphatic carbocycles. The largest absolute Gasteiger partial charge is 0.480 e. The van der Waals surface area contributed by atoms with E-state index >= 15 is 0 Å². The van der Waals surface area contributed by atoms with Gasteiger partial charge in [-0.1, -0.05) is 30.3 Å². The molecule has 18 heavy (non-hydrogen) atoms. The predicted molar refractivity (Wildman–Crippen MR) is 60.3 cm³/mol. The molecule has 1 aromatic carbocycles. The van der Waals surface area contributed by atoms with Gasteiger partial charge in [-0.05, 0) is 18.4 Å². The number of amides is 1. The van der Waals surface area contributed by atoms with Crippen LogP contribution in [-0.4, -0.2) is 29.5 Å². The second kappa shape index (κ2) is 6.68. The summed E-state index contributed by atoms with van der Waals surface area (Å²) in [5.74, 6) is -2.88. The number of hydrogen-bond acceptors (Lipinski definition) is 2. The number of aryl methyl sites for hydroxylation is 1. The second-order valence-corrected chi connectivity index (χ2v) is 3.72. The van der Waals surface area contributed by atoms with Crippen LogP contribution in [0.4, 0.5) is 8.78 Å². The number of carbonyl (C=O) groups excluding carboxylic acids is 1. The third-order valence-corrected chi connectivity index (χ3v) is 2.38. The molecule has 98 valence electrons. The number of nitrogens with one attached hydrogen (secondary N) is 1. The van der Waals surface area contributed by atoms with Crippen LogP contribution >= 0.6 is 0 Å². The molecule has 0 aliphatic heterocycles. The number of rotatable bonds is 6. The van der Waals surface area contributed by atoms with E-state index in [1.807, 2.05) is 6.07 Å². The highest BCUT2D eigenvalue weighted by Crippen LogP contribution is 2.06. The van der Waals surface area contributed by atoms with Crippen molar-refractivity contribution in [3.8, 4) is 0 Å². The molecule has 1 amide bonds. The van der Waals surface area contributed by atoms with Gasteiger partial charge < -0.3 is 10.4 Å². The Kier molecular flexibility index (Phi) is 5.23. The van der Waals surface area contributed by atoms with E-state index in [0.717, 1.165) is 5.56 Å². The van der Waals surface area contributed by atoms with Crippen molar-refractivity contribution in [3.05, 3.63) is 35.9 Å². The normalized spacial score (nSPS) is 12.2. The number of carboxylic acids is 1. The Morgan fingerprint density at radius 1 is 1.22 bits per heavy atom. The van der Waals surface area contributed by atoms with Crippen LogP contribution in [0, 0.1) is 0 Å². The molecule has 0 aromatic heterocycles. The molecule has 1 aromatic rings. The molecule has 0 saturated heterocycles. The van der Waals surface area contributed by atoms with Crippen molar-refractivity contribution >= 4 is 11.9 Å². The fraction of sp³-hybridized carbons (Fsp3) is 0.333. The maximum absolute atomic E-state index is 12.0. The third kappa shape index (κ3) is 4.48. The van der Waals surface area contributed by atoms with Crippen LogP contribution in [0.1, 0.15) is 12.0 Å². The van der Waals surface area contributed by atoms with Gasteiger partial charge in [0, 0.05) is 0 Å². The van der Waals surface area contributed by atoms with E-state index in [1.54, 1.807) is 29.6 Å². The van der Waals surface area contributed by atoms with Crippen molar-refractivity contribution < 1.29 is 23.5 Å². The van der Waals surface area contributed by atoms with Gasteiger partial charge in [0.15, 0.2) is 0 Å². The minimum atomic E-state index is -3.21. The van der Waals surface area contributed by atoms with E-state index in [1.165, 1.54) is 0 Å². The molecule has 0 aliphatic rings. The van der Waals surface area contributed by atoms with Gasteiger partial charge in [0.25, 0.3) is 5.91 Å². The molecule has 6 heteroatoms. The summed E-state index contributed by atoms with van der Waals surface area (Å²) in [5, 5.41) is 10.6. The Morgan fingerprint density at radius 2 is 1.83 bits per heavy atom. The number of carbonyl (C=O) groups is 2. The number of benzene rings is 1. The molecule has 4 nitrogen and oxygen atoms in total. The summed E-state index contributed by atoms with van der Waals surface area (Å²) < 4.78 is 24.0. The Morgan fingerprint density at radius 3 is 2.33 bits per heavy atom. The first-order chi connectivity index (χ1) is 8.50. The number of aliphatic carboxylic acids is 1. The SMILES string of the molecule is O=C(NC(CCc1ccccc1)C(=O)O)C(F)F. The first-order valence-corrected chi connectivity index (χ1v) is 5.36. The van der Waals surface area contributed by atoms with E-state index in [-0.39, 0.29) is 6.42 Å². The third-order valence-electron chi connectivity index (χ3n) is 2.38. The lowest BCUT2D eigenvalue weighted by Gasteiger charge is -2.14. The molecule has 0 saturated carbocycles. The predicted octanol–water partition coefficient (Wildman–Crippen LogP) is 1.45. The van der Waals surface area contributed by atoms with E-state index in [4.69, 9.17) is 5.11 Å². The zero-order valence-electron chi connectivity index (χ0n) is 9.48. The molecule has 0 spiro atoms. The minimum absolute atomic E-state index is 0.0673. The highest BCUT2D eigenvalue weighted by atomic mass is 19.3. The van der Waals surface area contributed by atoms with Crippen molar-refractivity contribution in [2.24, 2.45) is 0 Å². The molecule has 0 heterocycles. The van der Waals surface area contributed by atoms with E-state index in [2.05, 4.69) is 0 Å². The molecular formula is C12H13F2NO3. The lowest BCUT2D eigenvalue weighted by Crippen LogP contribution is -2.43. The Bertz CT molecular complexity index is 409. The monoisotopic (exact) mass is 257 g/mol. The smallest absolute Gasteiger partial charge is 0.326 e. The van der Waals surface area contributed by atoms with Crippen LogP contribution < -0.4 is 5.32 Å². The first-order valence-electron chi connectivity index (χ1n) is 5.36. The van der Waals surface area contributed by atoms with Crippen molar-refractivity contribution in [1.82, 2.24) is 5.32 Å². The molecule has 0 bridgehead atoms. The fourth-order valence-electron chi connectivity index (χ4n) is 1.45. The van der Waals surface area contributed by atoms with Crippen LogP contribution in [0.15, 0.2) is 30.3 Å². The summed E-state index contributed by atoms with van der Waals surface area (Å²) in [6.45, 7) is 0. The molecule has 0 radical (unpaired) electrons. The first kappa shape index (κ1) is 14.1. The second-order valence-electron chi connectivity index (χ2n) is 3.72. The fourth-order valence-corrected chi connectivity index (χ4v) is 1.45. The Hall–Kier alpha value is -1.98. The van der Waals surface area contributed by atoms with Gasteiger partial charge in [0.05, 0.1) is 0 Å². The Balaban J connectivity index is 2.54. The highest BCUT2D eigenvalue weighted by Gasteiger charge is 2.24. The summed E-state index contributed by atoms with van der Waals surface area (Å²) in [7, 11) is 0. The maximum atomic E-state index is 12.0. The lowest BCUT2D eigenvalue weighted by molar-refractivity contribution is -0.144. The van der Waals surface area contributed by atoms with Gasteiger partial charge in [-0.3, -0.25) is 4.79 Å². The van der Waals surface area contributed by atoms with Gasteiger partial charge in [-0.25, -0.2) is 4.79 Å². The lowest BCUT2D eigenvalue weighted by atomic mass is 10.1. The molecule has 1 unspecified atom stereocenters. The summed E-state index contributed by atoms with van der Waals surface area (Å²) in [6.07, 6.45) is -2.75. The average molecular weight is 257 g/mol. The van der Waals surface area contributed by atoms with Crippen molar-refractivity contribution in [1.29, 1.82) is 0 Å². The maximum Gasteiger partial charge on any atom is 0.326 e. The van der Waals surface area contributed by atoms with E-state index in [9.17, 15) is 18.4 Å². The zero-order valence-corrected chi connectivity index (χ0v) is 9.48. The topological polar surface area (TPSA) is 66.4 Å². The van der Waals surface area contributed by atoms with Crippen LogP contribution in [0.25, 0.3) is 0 Å². The number of halogens is 2. The van der Waals surface area contributed by atoms with Crippen LogP contribution in [-0.2, 0) is 16.0 Å². The number of carboxylic acid groups (broad SMARTS) is 1. The molecule has 1 atom stereocenters. The quantitative estimate of drug-likeness (QED) is 0.810. The van der Waals surface area contributed by atoms with E-state index in [0.29, 0.717) is 6.42 Å². The molecular weight excluding hydrogens is 244 g/mol. The number of hydrogen-bond donors (Lipinski definition) is 2. The highest BCUT2D eigenvalue weighted by molar-refractivity contribution is 5.85. The summed E-state index contributed by atoms with van der Waals surface area (Å²) in [4.78, 5) is 21.6. The summed E-state index contributed by atoms with van der Waals surface area (Å²) in [6, 6.07) is 7.70. The molecule has 1 rings (SSSR count). The van der Waals surface area contributed by atoms with Crippen LogP contribution in [0.3, 0.4) is 0 Å². The van der Waals surface area contributed by atoms with Gasteiger partial charge in [-0.2, -0.15) is 8.78 Å². The number of alkyl halides is 2. The molecule has 2 N–H and O–H groups in total. The van der Waals surface area contributed by atoms with Gasteiger partial charge >= 0.3 is 12.4 Å². The van der Waals surface area contributed by atoms with Crippen molar-refractivity contribution in [3.63, 3.8) is 0 Å². The van der Waals surface area contributed by atoms with Crippen molar-refractivity contribution in [2.75, 3.05) is 0 Å². The standard InChI is InChI=1S/C12H13F2NO3/c13-10(14)11(16)15-9(12(17)18)7-6-8-4-2-1-3-5-8/h1-5,9-10H,6-7H2,(H,15,16)(H,17,18). The Labute approximate surface area is 103 Å². The summed E-state index contributed by atoms with van der Waals surface area (Å²) >= 11 is 0. The minimum Gasteiger partial charge on any atom is -0.480 e. The molecule has 0 fully saturated rings. The van der Waals surface area contributed by atoms with Crippen LogP contribution in [0.5, 0.6) is 0 Å². The average Bonchev–Trinajstić information content (AvgIpc) is 2.34. The van der Waals surface area contributed by atoms with Gasteiger partial charge in [-0.15, -0.1) is 0 Å². The van der Waals surface area contributed by atoms with E-state index < -0.39 is 24.3 Å². The summed E-state index contributed by atoms with van der Waals surface area (Å²) in [5.41, 5.74) is 0.884.